The zero-order chi connectivity index (χ0) is 20.1. The van der Waals surface area contributed by atoms with Crippen LogP contribution in [-0.4, -0.2) is 16.5 Å². The molecule has 3 nitrogen and oxygen atoms in total. The number of aliphatic imine (C=N–C) groups is 1. The molecular weight excluding hydrogens is 344 g/mol. The molecule has 0 N–H and O–H groups in total. The molecule has 4 rings (SSSR count). The van der Waals surface area contributed by atoms with Crippen molar-refractivity contribution in [1.82, 2.24) is 4.98 Å². The Kier molecular flexibility index (Phi) is 6.23. The van der Waals surface area contributed by atoms with Crippen molar-refractivity contribution in [3.8, 4) is 0 Å². The maximum absolute atomic E-state index is 12.7. The van der Waals surface area contributed by atoms with Gasteiger partial charge in [-0.1, -0.05) is 57.6 Å². The Hall–Kier alpha value is -2.55. The molecule has 2 aliphatic carbocycles. The molecule has 0 saturated heterocycles. The number of pyridine rings is 1. The van der Waals surface area contributed by atoms with Crippen LogP contribution in [0.5, 0.6) is 0 Å². The largest absolute Gasteiger partial charge is 0.294 e. The van der Waals surface area contributed by atoms with Gasteiger partial charge in [0.25, 0.3) is 0 Å². The summed E-state index contributed by atoms with van der Waals surface area (Å²) in [6.07, 6.45) is 17.9. The monoisotopic (exact) mass is 374 g/mol. The van der Waals surface area contributed by atoms with Gasteiger partial charge in [-0.15, -0.1) is 0 Å². The molecule has 0 radical (unpaired) electrons. The van der Waals surface area contributed by atoms with Gasteiger partial charge in [-0.2, -0.15) is 0 Å². The molecule has 3 heteroatoms. The van der Waals surface area contributed by atoms with E-state index in [0.717, 1.165) is 17.7 Å². The lowest BCUT2D eigenvalue weighted by molar-refractivity contribution is 0.0965. The normalized spacial score (nSPS) is 26.9. The summed E-state index contributed by atoms with van der Waals surface area (Å²) < 4.78 is 0. The van der Waals surface area contributed by atoms with Crippen LogP contribution in [-0.2, 0) is 0 Å². The smallest absolute Gasteiger partial charge is 0.165 e. The summed E-state index contributed by atoms with van der Waals surface area (Å²) in [5, 5.41) is 0. The fourth-order valence-electron chi connectivity index (χ4n) is 4.07. The SMILES string of the molecule is C=C/C(=C\C)C1=CN=C2C1C=CC1CC21CC(=O)c1cccnc1.CCCC. The Balaban J connectivity index is 0.000000516. The molecule has 0 bridgehead atoms. The highest BCUT2D eigenvalue weighted by molar-refractivity contribution is 6.07. The number of hydrogen-bond acceptors (Lipinski definition) is 3. The maximum atomic E-state index is 12.7. The van der Waals surface area contributed by atoms with Crippen LogP contribution in [0.2, 0.25) is 0 Å². The van der Waals surface area contributed by atoms with Gasteiger partial charge in [-0.25, -0.2) is 0 Å². The molecule has 0 aromatic carbocycles. The van der Waals surface area contributed by atoms with Crippen LogP contribution in [0.15, 0.2) is 77.7 Å². The molecule has 1 aromatic rings. The molecule has 3 aliphatic rings. The van der Waals surface area contributed by atoms with Gasteiger partial charge in [-0.05, 0) is 42.5 Å². The average molecular weight is 375 g/mol. The van der Waals surface area contributed by atoms with E-state index in [4.69, 9.17) is 4.99 Å². The number of aromatic nitrogens is 1. The summed E-state index contributed by atoms with van der Waals surface area (Å²) in [4.78, 5) is 21.5. The zero-order valence-electron chi connectivity index (χ0n) is 17.2. The van der Waals surface area contributed by atoms with Crippen molar-refractivity contribution in [2.75, 3.05) is 0 Å². The quantitative estimate of drug-likeness (QED) is 0.342. The third-order valence-electron chi connectivity index (χ3n) is 5.98. The van der Waals surface area contributed by atoms with Gasteiger partial charge in [-0.3, -0.25) is 14.8 Å². The fraction of sp³-hybridized carbons (Fsp3) is 0.400. The number of ketones is 1. The summed E-state index contributed by atoms with van der Waals surface area (Å²) in [6, 6.07) is 3.66. The van der Waals surface area contributed by atoms with Crippen molar-refractivity contribution in [1.29, 1.82) is 0 Å². The van der Waals surface area contributed by atoms with Gasteiger partial charge in [0.1, 0.15) is 0 Å². The number of unbranched alkanes of at least 4 members (excludes halogenated alkanes) is 1. The number of carbonyl (C=O) groups is 1. The molecule has 3 unspecified atom stereocenters. The second kappa shape index (κ2) is 8.64. The maximum Gasteiger partial charge on any atom is 0.165 e. The third-order valence-corrected chi connectivity index (χ3v) is 5.98. The first-order valence-electron chi connectivity index (χ1n) is 10.3. The summed E-state index contributed by atoms with van der Waals surface area (Å²) >= 11 is 0. The number of Topliss-reactive ketones (excluding diaryl/α,β-unsaturated/α-hetero) is 1. The standard InChI is InChI=1S/C21H20N2O.C4H10/c1-3-14(4-2)18-13-23-20-17(18)8-7-16-10-21(16,20)11-19(24)15-6-5-9-22-12-15;1-3-4-2/h3-9,12-13,16-17H,1,10-11H2,2H3;3-4H2,1-2H3/b14-4+;. The molecule has 1 aliphatic heterocycles. The molecule has 28 heavy (non-hydrogen) atoms. The Labute approximate surface area is 168 Å². The lowest BCUT2D eigenvalue weighted by Crippen LogP contribution is -2.29. The number of rotatable bonds is 6. The van der Waals surface area contributed by atoms with Crippen LogP contribution in [0.25, 0.3) is 0 Å². The van der Waals surface area contributed by atoms with E-state index in [0.29, 0.717) is 17.9 Å². The first kappa shape index (κ1) is 20.2. The van der Waals surface area contributed by atoms with Gasteiger partial charge >= 0.3 is 0 Å². The van der Waals surface area contributed by atoms with E-state index in [2.05, 4.69) is 43.6 Å². The molecular formula is C25H30N2O. The van der Waals surface area contributed by atoms with Crippen molar-refractivity contribution < 1.29 is 4.79 Å². The van der Waals surface area contributed by atoms with E-state index < -0.39 is 0 Å². The first-order chi connectivity index (χ1) is 13.6. The molecule has 3 atom stereocenters. The van der Waals surface area contributed by atoms with E-state index >= 15 is 0 Å². The Morgan fingerprint density at radius 2 is 2.11 bits per heavy atom. The van der Waals surface area contributed by atoms with E-state index in [1.54, 1.807) is 12.4 Å². The van der Waals surface area contributed by atoms with Crippen LogP contribution in [0.1, 0.15) is 56.8 Å². The molecule has 0 amide bonds. The van der Waals surface area contributed by atoms with E-state index in [9.17, 15) is 4.79 Å². The summed E-state index contributed by atoms with van der Waals surface area (Å²) in [6.45, 7) is 10.3. The van der Waals surface area contributed by atoms with Gasteiger partial charge in [0.15, 0.2) is 5.78 Å². The average Bonchev–Trinajstić information content (AvgIpc) is 3.30. The second-order valence-corrected chi connectivity index (χ2v) is 7.72. The number of hydrogen-bond donors (Lipinski definition) is 0. The number of allylic oxidation sites excluding steroid dienone is 6. The topological polar surface area (TPSA) is 42.3 Å². The van der Waals surface area contributed by atoms with Crippen LogP contribution in [0, 0.1) is 17.3 Å². The lowest BCUT2D eigenvalue weighted by Gasteiger charge is -2.26. The minimum absolute atomic E-state index is 0.0926. The van der Waals surface area contributed by atoms with E-state index in [1.807, 2.05) is 31.3 Å². The number of nitrogens with zero attached hydrogens (tertiary/aromatic N) is 2. The van der Waals surface area contributed by atoms with Crippen LogP contribution < -0.4 is 0 Å². The Morgan fingerprint density at radius 1 is 1.32 bits per heavy atom. The van der Waals surface area contributed by atoms with Crippen molar-refractivity contribution in [2.45, 2.75) is 46.5 Å². The fourth-order valence-corrected chi connectivity index (χ4v) is 4.07. The molecule has 1 saturated carbocycles. The van der Waals surface area contributed by atoms with Crippen molar-refractivity contribution in [2.24, 2.45) is 22.2 Å². The first-order valence-corrected chi connectivity index (χ1v) is 10.3. The van der Waals surface area contributed by atoms with Crippen LogP contribution >= 0.6 is 0 Å². The third kappa shape index (κ3) is 3.71. The zero-order valence-corrected chi connectivity index (χ0v) is 17.2. The van der Waals surface area contributed by atoms with Crippen molar-refractivity contribution >= 4 is 11.5 Å². The van der Waals surface area contributed by atoms with Crippen LogP contribution in [0.4, 0.5) is 0 Å². The van der Waals surface area contributed by atoms with Crippen molar-refractivity contribution in [3.05, 3.63) is 78.3 Å². The van der Waals surface area contributed by atoms with E-state index in [-0.39, 0.29) is 17.1 Å². The number of carbonyl (C=O) groups excluding carboxylic acids is 1. The van der Waals surface area contributed by atoms with Gasteiger partial charge in [0, 0.05) is 47.6 Å². The summed E-state index contributed by atoms with van der Waals surface area (Å²) in [5.74, 6) is 0.791. The number of fused-ring (bicyclic) bond motifs is 3. The summed E-state index contributed by atoms with van der Waals surface area (Å²) in [5.41, 5.74) is 4.07. The minimum atomic E-state index is -0.0926. The minimum Gasteiger partial charge on any atom is -0.294 e. The van der Waals surface area contributed by atoms with Gasteiger partial charge < -0.3 is 0 Å². The highest BCUT2D eigenvalue weighted by Crippen LogP contribution is 2.63. The second-order valence-electron chi connectivity index (χ2n) is 7.72. The van der Waals surface area contributed by atoms with Gasteiger partial charge in [0.05, 0.1) is 0 Å². The van der Waals surface area contributed by atoms with Gasteiger partial charge in [0.2, 0.25) is 0 Å². The Morgan fingerprint density at radius 3 is 2.71 bits per heavy atom. The molecule has 1 aromatic heterocycles. The highest BCUT2D eigenvalue weighted by atomic mass is 16.1. The molecule has 0 spiro atoms. The molecule has 146 valence electrons. The predicted octanol–water partition coefficient (Wildman–Crippen LogP) is 6.12. The summed E-state index contributed by atoms with van der Waals surface area (Å²) in [7, 11) is 0. The Bertz CT molecular complexity index is 858. The lowest BCUT2D eigenvalue weighted by atomic mass is 9.76. The predicted molar refractivity (Wildman–Crippen MR) is 116 cm³/mol. The van der Waals surface area contributed by atoms with Crippen LogP contribution in [0.3, 0.4) is 0 Å². The van der Waals surface area contributed by atoms with E-state index in [1.165, 1.54) is 18.4 Å². The highest BCUT2D eigenvalue weighted by Gasteiger charge is 2.61. The molecule has 2 heterocycles. The van der Waals surface area contributed by atoms with Crippen molar-refractivity contribution in [3.63, 3.8) is 0 Å². The molecule has 1 fully saturated rings.